The van der Waals surface area contributed by atoms with Crippen molar-refractivity contribution in [3.63, 3.8) is 0 Å². The molecule has 1 aromatic carbocycles. The van der Waals surface area contributed by atoms with Crippen molar-refractivity contribution in [1.29, 1.82) is 0 Å². The largest absolute Gasteiger partial charge is 0.360 e. The van der Waals surface area contributed by atoms with Gasteiger partial charge in [-0.15, -0.1) is 0 Å². The molecule has 5 nitrogen and oxygen atoms in total. The van der Waals surface area contributed by atoms with Crippen LogP contribution in [0.5, 0.6) is 0 Å². The van der Waals surface area contributed by atoms with Crippen molar-refractivity contribution >= 4 is 16.8 Å². The fourth-order valence-electron chi connectivity index (χ4n) is 3.62. The van der Waals surface area contributed by atoms with E-state index in [0.717, 1.165) is 35.0 Å². The summed E-state index contributed by atoms with van der Waals surface area (Å²) in [6, 6.07) is 7.49. The Labute approximate surface area is 157 Å². The first-order chi connectivity index (χ1) is 13.1. The SMILES string of the molecule is Cc1ccc(CNC2CCN(C(=O)Cc3c[nH]c4cnccc34)C2)cc1F. The molecule has 2 aromatic heterocycles. The van der Waals surface area contributed by atoms with E-state index in [0.29, 0.717) is 25.1 Å². The zero-order valence-electron chi connectivity index (χ0n) is 15.3. The highest BCUT2D eigenvalue weighted by Crippen LogP contribution is 2.19. The summed E-state index contributed by atoms with van der Waals surface area (Å²) in [6.07, 6.45) is 6.71. The molecule has 3 heterocycles. The lowest BCUT2D eigenvalue weighted by atomic mass is 10.1. The highest BCUT2D eigenvalue weighted by atomic mass is 19.1. The Hall–Kier alpha value is -2.73. The van der Waals surface area contributed by atoms with Crippen LogP contribution in [0.4, 0.5) is 4.39 Å². The van der Waals surface area contributed by atoms with Crippen molar-refractivity contribution in [2.45, 2.75) is 32.4 Å². The smallest absolute Gasteiger partial charge is 0.227 e. The summed E-state index contributed by atoms with van der Waals surface area (Å²) in [4.78, 5) is 21.8. The van der Waals surface area contributed by atoms with Gasteiger partial charge in [0, 0.05) is 43.5 Å². The van der Waals surface area contributed by atoms with E-state index in [9.17, 15) is 9.18 Å². The summed E-state index contributed by atoms with van der Waals surface area (Å²) in [5.74, 6) is -0.0372. The van der Waals surface area contributed by atoms with Gasteiger partial charge in [0.2, 0.25) is 5.91 Å². The predicted molar refractivity (Wildman–Crippen MR) is 103 cm³/mol. The Bertz CT molecular complexity index is 968. The van der Waals surface area contributed by atoms with E-state index >= 15 is 0 Å². The Balaban J connectivity index is 1.32. The molecule has 1 amide bonds. The van der Waals surface area contributed by atoms with Crippen molar-refractivity contribution < 1.29 is 9.18 Å². The monoisotopic (exact) mass is 366 g/mol. The summed E-state index contributed by atoms with van der Waals surface area (Å²) in [5, 5.41) is 4.49. The maximum Gasteiger partial charge on any atom is 0.227 e. The predicted octanol–water partition coefficient (Wildman–Crippen LogP) is 2.94. The number of benzene rings is 1. The number of aromatic nitrogens is 2. The maximum atomic E-state index is 13.7. The van der Waals surface area contributed by atoms with E-state index in [1.807, 2.05) is 23.2 Å². The van der Waals surface area contributed by atoms with Crippen molar-refractivity contribution in [3.8, 4) is 0 Å². The van der Waals surface area contributed by atoms with Crippen LogP contribution in [0.15, 0.2) is 42.9 Å². The molecule has 1 saturated heterocycles. The number of carbonyl (C=O) groups is 1. The van der Waals surface area contributed by atoms with Gasteiger partial charge in [0.25, 0.3) is 0 Å². The molecule has 0 saturated carbocycles. The Kier molecular flexibility index (Phi) is 4.90. The Morgan fingerprint density at radius 1 is 1.41 bits per heavy atom. The van der Waals surface area contributed by atoms with E-state index in [-0.39, 0.29) is 17.8 Å². The van der Waals surface area contributed by atoms with Crippen LogP contribution in [0.1, 0.15) is 23.1 Å². The number of H-pyrrole nitrogens is 1. The van der Waals surface area contributed by atoms with Crippen LogP contribution < -0.4 is 5.32 Å². The van der Waals surface area contributed by atoms with Crippen molar-refractivity contribution in [2.24, 2.45) is 0 Å². The molecule has 1 aliphatic heterocycles. The zero-order chi connectivity index (χ0) is 18.8. The molecule has 0 radical (unpaired) electrons. The molecule has 4 rings (SSSR count). The van der Waals surface area contributed by atoms with Crippen LogP contribution in [-0.4, -0.2) is 39.9 Å². The van der Waals surface area contributed by atoms with E-state index in [4.69, 9.17) is 0 Å². The van der Waals surface area contributed by atoms with Gasteiger partial charge < -0.3 is 15.2 Å². The summed E-state index contributed by atoms with van der Waals surface area (Å²) < 4.78 is 13.7. The number of aryl methyl sites for hydroxylation is 1. The number of nitrogens with one attached hydrogen (secondary N) is 2. The number of fused-ring (bicyclic) bond motifs is 1. The van der Waals surface area contributed by atoms with Crippen LogP contribution >= 0.6 is 0 Å². The van der Waals surface area contributed by atoms with Gasteiger partial charge in [-0.05, 0) is 42.2 Å². The van der Waals surface area contributed by atoms with Crippen LogP contribution in [0.3, 0.4) is 0 Å². The van der Waals surface area contributed by atoms with Crippen LogP contribution in [0, 0.1) is 12.7 Å². The molecule has 1 atom stereocenters. The summed E-state index contributed by atoms with van der Waals surface area (Å²) in [5.41, 5.74) is 3.54. The molecule has 0 spiro atoms. The van der Waals surface area contributed by atoms with E-state index < -0.39 is 0 Å². The molecule has 2 N–H and O–H groups in total. The lowest BCUT2D eigenvalue weighted by Crippen LogP contribution is -2.35. The molecule has 0 bridgehead atoms. The van der Waals surface area contributed by atoms with Gasteiger partial charge in [0.15, 0.2) is 0 Å². The molecule has 140 valence electrons. The van der Waals surface area contributed by atoms with Crippen molar-refractivity contribution in [2.75, 3.05) is 13.1 Å². The first-order valence-electron chi connectivity index (χ1n) is 9.26. The van der Waals surface area contributed by atoms with Gasteiger partial charge in [0.1, 0.15) is 5.82 Å². The number of pyridine rings is 1. The average Bonchev–Trinajstić information content (AvgIpc) is 3.30. The van der Waals surface area contributed by atoms with Gasteiger partial charge >= 0.3 is 0 Å². The zero-order valence-corrected chi connectivity index (χ0v) is 15.3. The minimum Gasteiger partial charge on any atom is -0.360 e. The second-order valence-corrected chi connectivity index (χ2v) is 7.20. The van der Waals surface area contributed by atoms with Crippen molar-refractivity contribution in [3.05, 3.63) is 65.4 Å². The van der Waals surface area contributed by atoms with Crippen LogP contribution in [0.2, 0.25) is 0 Å². The number of likely N-dealkylation sites (tertiary alicyclic amines) is 1. The number of carbonyl (C=O) groups excluding carboxylic acids is 1. The Morgan fingerprint density at radius 3 is 3.15 bits per heavy atom. The van der Waals surface area contributed by atoms with Gasteiger partial charge in [-0.3, -0.25) is 9.78 Å². The lowest BCUT2D eigenvalue weighted by molar-refractivity contribution is -0.129. The molecule has 1 aliphatic rings. The summed E-state index contributed by atoms with van der Waals surface area (Å²) in [7, 11) is 0. The third-order valence-electron chi connectivity index (χ3n) is 5.28. The third-order valence-corrected chi connectivity index (χ3v) is 5.28. The van der Waals surface area contributed by atoms with Crippen molar-refractivity contribution in [1.82, 2.24) is 20.2 Å². The molecule has 0 aliphatic carbocycles. The first kappa shape index (κ1) is 17.7. The quantitative estimate of drug-likeness (QED) is 0.730. The average molecular weight is 366 g/mol. The fraction of sp³-hybridized carbons (Fsp3) is 0.333. The minimum atomic E-state index is -0.175. The van der Waals surface area contributed by atoms with Gasteiger partial charge in [0.05, 0.1) is 18.1 Å². The van der Waals surface area contributed by atoms with Gasteiger partial charge in [-0.2, -0.15) is 0 Å². The van der Waals surface area contributed by atoms with Crippen LogP contribution in [0.25, 0.3) is 10.9 Å². The number of nitrogens with zero attached hydrogens (tertiary/aromatic N) is 2. The summed E-state index contributed by atoms with van der Waals surface area (Å²) in [6.45, 7) is 3.82. The molecule has 6 heteroatoms. The standard InChI is InChI=1S/C21H23FN4O/c1-14-2-3-15(8-19(14)22)10-24-17-5-7-26(13-17)21(27)9-16-11-25-20-12-23-6-4-18(16)20/h2-4,6,8,11-12,17,24-25H,5,7,9-10,13H2,1H3. The summed E-state index contributed by atoms with van der Waals surface area (Å²) >= 11 is 0. The molecular formula is C21H23FN4O. The topological polar surface area (TPSA) is 61.0 Å². The van der Waals surface area contributed by atoms with E-state index in [2.05, 4.69) is 15.3 Å². The van der Waals surface area contributed by atoms with Crippen LogP contribution in [-0.2, 0) is 17.8 Å². The first-order valence-corrected chi connectivity index (χ1v) is 9.26. The highest BCUT2D eigenvalue weighted by Gasteiger charge is 2.26. The number of rotatable bonds is 5. The number of aromatic amines is 1. The van der Waals surface area contributed by atoms with E-state index in [1.54, 1.807) is 31.5 Å². The molecular weight excluding hydrogens is 343 g/mol. The number of halogens is 1. The van der Waals surface area contributed by atoms with E-state index in [1.165, 1.54) is 0 Å². The third kappa shape index (κ3) is 3.85. The second-order valence-electron chi connectivity index (χ2n) is 7.20. The number of amides is 1. The lowest BCUT2D eigenvalue weighted by Gasteiger charge is -2.17. The maximum absolute atomic E-state index is 13.7. The molecule has 3 aromatic rings. The molecule has 27 heavy (non-hydrogen) atoms. The fourth-order valence-corrected chi connectivity index (χ4v) is 3.62. The second kappa shape index (κ2) is 7.48. The minimum absolute atomic E-state index is 0.137. The normalized spacial score (nSPS) is 17.0. The Morgan fingerprint density at radius 2 is 2.30 bits per heavy atom. The number of hydrogen-bond donors (Lipinski definition) is 2. The van der Waals surface area contributed by atoms with Gasteiger partial charge in [-0.1, -0.05) is 12.1 Å². The van der Waals surface area contributed by atoms with Gasteiger partial charge in [-0.25, -0.2) is 4.39 Å². The molecule has 1 unspecified atom stereocenters. The number of hydrogen-bond acceptors (Lipinski definition) is 3. The highest BCUT2D eigenvalue weighted by molar-refractivity contribution is 5.88. The molecule has 1 fully saturated rings.